The van der Waals surface area contributed by atoms with Crippen LogP contribution >= 0.6 is 0 Å². The third-order valence-electron chi connectivity index (χ3n) is 3.89. The Balaban J connectivity index is 2.15. The van der Waals surface area contributed by atoms with Gasteiger partial charge in [0, 0.05) is 31.1 Å². The van der Waals surface area contributed by atoms with Gasteiger partial charge in [0.05, 0.1) is 4.90 Å². The molecule has 0 atom stereocenters. The lowest BCUT2D eigenvalue weighted by molar-refractivity contribution is 0.140. The number of hydrogen-bond donors (Lipinski definition) is 1. The number of carbonyl (C=O) groups excluding carboxylic acids is 1. The van der Waals surface area contributed by atoms with Gasteiger partial charge in [-0.2, -0.15) is 5.10 Å². The smallest absolute Gasteiger partial charge is 0.407 e. The molecule has 1 amide bonds. The number of carbonyl (C=O) groups is 1. The quantitative estimate of drug-likeness (QED) is 0.678. The number of benzene rings is 1. The summed E-state index contributed by atoms with van der Waals surface area (Å²) in [5.74, 6) is -1.66. The van der Waals surface area contributed by atoms with Crippen LogP contribution in [0.5, 0.6) is 0 Å². The molecule has 0 aliphatic carbocycles. The Morgan fingerprint density at radius 1 is 1.21 bits per heavy atom. The number of ether oxygens (including phenoxy) is 1. The number of hydrogen-bond acceptors (Lipinski definition) is 6. The maximum absolute atomic E-state index is 14.3. The Labute approximate surface area is 165 Å². The number of nitrogens with one attached hydrogen (secondary N) is 1. The summed E-state index contributed by atoms with van der Waals surface area (Å²) >= 11 is 0. The fraction of sp³-hybridized carbons (Fsp3) is 0.167. The highest BCUT2D eigenvalue weighted by atomic mass is 32.2. The van der Waals surface area contributed by atoms with Gasteiger partial charge >= 0.3 is 6.09 Å². The second-order valence-electron chi connectivity index (χ2n) is 5.95. The van der Waals surface area contributed by atoms with E-state index in [-0.39, 0.29) is 17.2 Å². The molecule has 0 aliphatic heterocycles. The van der Waals surface area contributed by atoms with Gasteiger partial charge < -0.3 is 10.1 Å². The number of alkyl carbamates (subject to hydrolysis) is 1. The van der Waals surface area contributed by atoms with Crippen molar-refractivity contribution in [2.45, 2.75) is 23.5 Å². The average Bonchev–Trinajstić information content (AvgIpc) is 3.13. The van der Waals surface area contributed by atoms with Crippen molar-refractivity contribution in [3.63, 3.8) is 0 Å². The number of aryl methyl sites for hydroxylation is 1. The van der Waals surface area contributed by atoms with Crippen LogP contribution in [0.3, 0.4) is 0 Å². The normalized spacial score (nSPS) is 11.3. The molecule has 152 valence electrons. The molecule has 0 unspecified atom stereocenters. The van der Waals surface area contributed by atoms with Crippen molar-refractivity contribution in [1.82, 2.24) is 20.1 Å². The summed E-state index contributed by atoms with van der Waals surface area (Å²) in [5, 5.41) is 5.81. The van der Waals surface area contributed by atoms with Crippen molar-refractivity contribution in [2.75, 3.05) is 7.05 Å². The number of nitrogens with zero attached hydrogens (tertiary/aromatic N) is 3. The Kier molecular flexibility index (Phi) is 5.59. The average molecular weight is 422 g/mol. The minimum Gasteiger partial charge on any atom is -0.443 e. The van der Waals surface area contributed by atoms with Gasteiger partial charge in [-0.05, 0) is 31.2 Å². The molecule has 11 heteroatoms. The van der Waals surface area contributed by atoms with E-state index < -0.39 is 38.3 Å². The van der Waals surface area contributed by atoms with Crippen LogP contribution in [0, 0.1) is 18.6 Å². The largest absolute Gasteiger partial charge is 0.443 e. The van der Waals surface area contributed by atoms with E-state index in [0.717, 1.165) is 35.1 Å². The van der Waals surface area contributed by atoms with Crippen LogP contribution in [0.25, 0.3) is 5.69 Å². The third-order valence-corrected chi connectivity index (χ3v) is 5.59. The lowest BCUT2D eigenvalue weighted by Crippen LogP contribution is -2.19. The number of pyridine rings is 1. The monoisotopic (exact) mass is 422 g/mol. The van der Waals surface area contributed by atoms with Crippen molar-refractivity contribution in [3.05, 3.63) is 65.6 Å². The molecule has 0 saturated carbocycles. The molecule has 2 heterocycles. The van der Waals surface area contributed by atoms with Gasteiger partial charge in [-0.25, -0.2) is 26.7 Å². The standard InChI is InChI=1S/C18H16F2N4O4S/c1-11-3-5-14(9-22-11)29(26,27)17-8-13(10-28-18(25)21-2)23-24(17)16-7-12(19)4-6-15(16)20/h3-9H,10H2,1-2H3,(H,21,25). The van der Waals surface area contributed by atoms with E-state index in [9.17, 15) is 22.0 Å². The van der Waals surface area contributed by atoms with E-state index >= 15 is 0 Å². The Morgan fingerprint density at radius 3 is 2.62 bits per heavy atom. The SMILES string of the molecule is CNC(=O)OCc1cc(S(=O)(=O)c2ccc(C)nc2)n(-c2cc(F)ccc2F)n1. The van der Waals surface area contributed by atoms with Gasteiger partial charge in [-0.3, -0.25) is 4.98 Å². The molecule has 0 aliphatic rings. The summed E-state index contributed by atoms with van der Waals surface area (Å²) in [5.41, 5.74) is 0.221. The maximum atomic E-state index is 14.3. The van der Waals surface area contributed by atoms with Crippen LogP contribution < -0.4 is 5.32 Å². The molecule has 1 N–H and O–H groups in total. The van der Waals surface area contributed by atoms with Gasteiger partial charge in [0.1, 0.15) is 29.6 Å². The van der Waals surface area contributed by atoms with Crippen LogP contribution in [-0.2, 0) is 21.2 Å². The summed E-state index contributed by atoms with van der Waals surface area (Å²) < 4.78 is 59.9. The van der Waals surface area contributed by atoms with Gasteiger partial charge in [0.2, 0.25) is 9.84 Å². The van der Waals surface area contributed by atoms with Crippen LogP contribution in [0.4, 0.5) is 13.6 Å². The molecule has 0 radical (unpaired) electrons. The Morgan fingerprint density at radius 2 is 1.97 bits per heavy atom. The molecule has 3 aromatic rings. The van der Waals surface area contributed by atoms with Crippen LogP contribution in [0.1, 0.15) is 11.4 Å². The molecule has 29 heavy (non-hydrogen) atoms. The van der Waals surface area contributed by atoms with Crippen molar-refractivity contribution in [2.24, 2.45) is 0 Å². The fourth-order valence-electron chi connectivity index (χ4n) is 2.44. The van der Waals surface area contributed by atoms with Crippen molar-refractivity contribution < 1.29 is 26.7 Å². The lowest BCUT2D eigenvalue weighted by Gasteiger charge is -2.09. The van der Waals surface area contributed by atoms with Crippen LogP contribution in [0.2, 0.25) is 0 Å². The van der Waals surface area contributed by atoms with Crippen molar-refractivity contribution in [3.8, 4) is 5.69 Å². The highest BCUT2D eigenvalue weighted by Gasteiger charge is 2.27. The first-order chi connectivity index (χ1) is 13.7. The van der Waals surface area contributed by atoms with Crippen molar-refractivity contribution >= 4 is 15.9 Å². The summed E-state index contributed by atoms with van der Waals surface area (Å²) in [4.78, 5) is 15.1. The number of amides is 1. The Bertz CT molecular complexity index is 1160. The number of sulfone groups is 1. The highest BCUT2D eigenvalue weighted by molar-refractivity contribution is 7.91. The van der Waals surface area contributed by atoms with E-state index in [0.29, 0.717) is 5.69 Å². The van der Waals surface area contributed by atoms with Gasteiger partial charge in [0.15, 0.2) is 5.03 Å². The van der Waals surface area contributed by atoms with E-state index in [4.69, 9.17) is 4.74 Å². The fourth-order valence-corrected chi connectivity index (χ4v) is 3.78. The van der Waals surface area contributed by atoms with Crippen LogP contribution in [0.15, 0.2) is 52.5 Å². The van der Waals surface area contributed by atoms with E-state index in [2.05, 4.69) is 15.4 Å². The zero-order valence-corrected chi connectivity index (χ0v) is 16.2. The molecule has 0 fully saturated rings. The molecule has 8 nitrogen and oxygen atoms in total. The summed E-state index contributed by atoms with van der Waals surface area (Å²) in [6.07, 6.45) is 0.397. The maximum Gasteiger partial charge on any atom is 0.407 e. The molecule has 0 bridgehead atoms. The molecule has 0 saturated heterocycles. The number of halogens is 2. The summed E-state index contributed by atoms with van der Waals surface area (Å²) in [6, 6.07) is 6.55. The molecule has 1 aromatic carbocycles. The zero-order chi connectivity index (χ0) is 21.2. The first kappa shape index (κ1) is 20.4. The van der Waals surface area contributed by atoms with E-state index in [1.165, 1.54) is 19.2 Å². The van der Waals surface area contributed by atoms with Crippen LogP contribution in [-0.4, -0.2) is 36.3 Å². The lowest BCUT2D eigenvalue weighted by atomic mass is 10.3. The minimum absolute atomic E-state index is 0.0240. The molecule has 3 rings (SSSR count). The van der Waals surface area contributed by atoms with Gasteiger partial charge in [-0.15, -0.1) is 0 Å². The van der Waals surface area contributed by atoms with E-state index in [1.807, 2.05) is 0 Å². The van der Waals surface area contributed by atoms with Crippen molar-refractivity contribution in [1.29, 1.82) is 0 Å². The topological polar surface area (TPSA) is 103 Å². The predicted octanol–water partition coefficient (Wildman–Crippen LogP) is 2.54. The number of aromatic nitrogens is 3. The first-order valence-corrected chi connectivity index (χ1v) is 9.77. The zero-order valence-electron chi connectivity index (χ0n) is 15.4. The third kappa shape index (κ3) is 4.24. The molecular formula is C18H16F2N4O4S. The summed E-state index contributed by atoms with van der Waals surface area (Å²) in [7, 11) is -2.84. The molecule has 2 aromatic heterocycles. The van der Waals surface area contributed by atoms with Gasteiger partial charge in [0.25, 0.3) is 0 Å². The first-order valence-electron chi connectivity index (χ1n) is 8.29. The second-order valence-corrected chi connectivity index (χ2v) is 7.84. The Hall–Kier alpha value is -3.34. The second kappa shape index (κ2) is 7.95. The predicted molar refractivity (Wildman–Crippen MR) is 97.2 cm³/mol. The van der Waals surface area contributed by atoms with E-state index in [1.54, 1.807) is 6.92 Å². The summed E-state index contributed by atoms with van der Waals surface area (Å²) in [6.45, 7) is 1.31. The van der Waals surface area contributed by atoms with Gasteiger partial charge in [-0.1, -0.05) is 0 Å². The highest BCUT2D eigenvalue weighted by Crippen LogP contribution is 2.26. The number of rotatable bonds is 5. The molecule has 0 spiro atoms. The minimum atomic E-state index is -4.19. The molecular weight excluding hydrogens is 406 g/mol.